The topological polar surface area (TPSA) is 92.8 Å². The molecule has 1 heterocycles. The largest absolute Gasteiger partial charge is 0.452 e. The van der Waals surface area contributed by atoms with Crippen molar-refractivity contribution in [2.45, 2.75) is 32.6 Å². The third kappa shape index (κ3) is 4.68. The molecule has 0 unspecified atom stereocenters. The summed E-state index contributed by atoms with van der Waals surface area (Å²) in [5.74, 6) is -2.22. The monoisotopic (exact) mass is 532 g/mol. The van der Waals surface area contributed by atoms with Gasteiger partial charge in [-0.05, 0) is 71.6 Å². The fourth-order valence-corrected chi connectivity index (χ4v) is 4.97. The van der Waals surface area contributed by atoms with Crippen LogP contribution in [0.25, 0.3) is 0 Å². The number of benzene rings is 2. The number of nitrogens with zero attached hydrogens (tertiary/aromatic N) is 1. The Balaban J connectivity index is 1.41. The minimum atomic E-state index is -0.728. The van der Waals surface area contributed by atoms with Gasteiger partial charge in [-0.3, -0.25) is 19.3 Å². The molecule has 7 nitrogen and oxygen atoms in total. The zero-order valence-corrected chi connectivity index (χ0v) is 20.2. The van der Waals surface area contributed by atoms with Crippen LogP contribution in [0.5, 0.6) is 0 Å². The van der Waals surface area contributed by atoms with Gasteiger partial charge >= 0.3 is 5.97 Å². The van der Waals surface area contributed by atoms with Crippen molar-refractivity contribution in [3.63, 3.8) is 0 Å². The molecule has 33 heavy (non-hydrogen) atoms. The summed E-state index contributed by atoms with van der Waals surface area (Å²) in [6, 6.07) is 9.57. The molecule has 0 radical (unpaired) electrons. The van der Waals surface area contributed by atoms with Crippen LogP contribution in [-0.4, -0.2) is 30.3 Å². The van der Waals surface area contributed by atoms with Crippen molar-refractivity contribution < 1.29 is 23.9 Å². The van der Waals surface area contributed by atoms with Crippen LogP contribution < -0.4 is 10.2 Å². The maximum absolute atomic E-state index is 12.8. The number of hydrogen-bond donors (Lipinski definition) is 1. The number of nitrogens with one attached hydrogen (secondary N) is 1. The van der Waals surface area contributed by atoms with E-state index in [2.05, 4.69) is 21.2 Å². The predicted molar refractivity (Wildman–Crippen MR) is 127 cm³/mol. The van der Waals surface area contributed by atoms with E-state index in [-0.39, 0.29) is 29.2 Å². The lowest BCUT2D eigenvalue weighted by molar-refractivity contribution is -0.122. The molecule has 9 heteroatoms. The Morgan fingerprint density at radius 2 is 1.79 bits per heavy atom. The van der Waals surface area contributed by atoms with E-state index < -0.39 is 18.5 Å². The molecule has 1 aliphatic carbocycles. The standard InChI is InChI=1S/C24H22BrClN2O5/c1-13-19(10-9-18(25)21(13)26)27-20(29)12-33-24(32)14-5-4-6-15(11-14)28-22(30)16-7-2-3-8-17(16)23(28)31/h4-6,9-11,16-17H,2-3,7-8,12H2,1H3,(H,27,29)/t16-,17-/m0/s1. The van der Waals surface area contributed by atoms with Crippen LogP contribution in [0.15, 0.2) is 40.9 Å². The number of hydrogen-bond acceptors (Lipinski definition) is 5. The fraction of sp³-hybridized carbons (Fsp3) is 0.333. The second-order valence-corrected chi connectivity index (χ2v) is 9.45. The van der Waals surface area contributed by atoms with Gasteiger partial charge in [0, 0.05) is 10.2 Å². The summed E-state index contributed by atoms with van der Waals surface area (Å²) in [7, 11) is 0. The van der Waals surface area contributed by atoms with Crippen molar-refractivity contribution >= 4 is 62.6 Å². The lowest BCUT2D eigenvalue weighted by Crippen LogP contribution is -2.31. The Morgan fingerprint density at radius 1 is 1.12 bits per heavy atom. The summed E-state index contributed by atoms with van der Waals surface area (Å²) in [6.45, 7) is 1.26. The zero-order chi connectivity index (χ0) is 23.7. The highest BCUT2D eigenvalue weighted by Crippen LogP contribution is 2.40. The van der Waals surface area contributed by atoms with Crippen LogP contribution >= 0.6 is 27.5 Å². The van der Waals surface area contributed by atoms with Crippen LogP contribution in [0.3, 0.4) is 0 Å². The van der Waals surface area contributed by atoms with Crippen LogP contribution in [0, 0.1) is 18.8 Å². The van der Waals surface area contributed by atoms with E-state index in [1.165, 1.54) is 17.0 Å². The van der Waals surface area contributed by atoms with Crippen LogP contribution in [0.2, 0.25) is 5.02 Å². The van der Waals surface area contributed by atoms with E-state index in [1.807, 2.05) is 0 Å². The van der Waals surface area contributed by atoms with Crippen LogP contribution in [0.1, 0.15) is 41.6 Å². The SMILES string of the molecule is Cc1c(NC(=O)COC(=O)c2cccc(N3C(=O)[C@H]4CCCC[C@@H]4C3=O)c2)ccc(Br)c1Cl. The lowest BCUT2D eigenvalue weighted by atomic mass is 9.81. The molecule has 1 saturated heterocycles. The van der Waals surface area contributed by atoms with Crippen molar-refractivity contribution in [2.24, 2.45) is 11.8 Å². The van der Waals surface area contributed by atoms with Crippen molar-refractivity contribution in [3.05, 3.63) is 57.0 Å². The lowest BCUT2D eigenvalue weighted by Gasteiger charge is -2.19. The highest BCUT2D eigenvalue weighted by molar-refractivity contribution is 9.10. The Kier molecular flexibility index (Phi) is 6.86. The molecule has 0 aromatic heterocycles. The Hall–Kier alpha value is -2.71. The second kappa shape index (κ2) is 9.65. The van der Waals surface area contributed by atoms with Gasteiger partial charge in [-0.1, -0.05) is 30.5 Å². The number of amides is 3. The van der Waals surface area contributed by atoms with Gasteiger partial charge in [-0.25, -0.2) is 4.79 Å². The first-order chi connectivity index (χ1) is 15.8. The number of anilines is 2. The quantitative estimate of drug-likeness (QED) is 0.437. The average molecular weight is 534 g/mol. The first kappa shape index (κ1) is 23.4. The molecule has 2 aromatic carbocycles. The molecule has 2 aromatic rings. The number of halogens is 2. The number of carbonyl (C=O) groups is 4. The van der Waals surface area contributed by atoms with Gasteiger partial charge in [0.15, 0.2) is 6.61 Å². The number of esters is 1. The van der Waals surface area contributed by atoms with Gasteiger partial charge in [-0.15, -0.1) is 0 Å². The van der Waals surface area contributed by atoms with Crippen LogP contribution in [-0.2, 0) is 19.1 Å². The minimum Gasteiger partial charge on any atom is -0.452 e. The van der Waals surface area contributed by atoms with E-state index in [4.69, 9.17) is 16.3 Å². The van der Waals surface area contributed by atoms with Gasteiger partial charge in [-0.2, -0.15) is 0 Å². The number of carbonyl (C=O) groups excluding carboxylic acids is 4. The van der Waals surface area contributed by atoms with E-state index in [1.54, 1.807) is 31.2 Å². The van der Waals surface area contributed by atoms with E-state index in [9.17, 15) is 19.2 Å². The molecule has 1 N–H and O–H groups in total. The summed E-state index contributed by atoms with van der Waals surface area (Å²) in [6.07, 6.45) is 3.31. The van der Waals surface area contributed by atoms with Gasteiger partial charge in [0.25, 0.3) is 5.91 Å². The number of fused-ring (bicyclic) bond motifs is 1. The summed E-state index contributed by atoms with van der Waals surface area (Å²) >= 11 is 9.49. The van der Waals surface area contributed by atoms with E-state index in [0.717, 1.165) is 12.8 Å². The third-order valence-electron chi connectivity index (χ3n) is 6.13. The molecule has 2 fully saturated rings. The summed E-state index contributed by atoms with van der Waals surface area (Å²) < 4.78 is 5.85. The Bertz CT molecular complexity index is 1130. The molecule has 2 aliphatic rings. The second-order valence-electron chi connectivity index (χ2n) is 8.22. The highest BCUT2D eigenvalue weighted by atomic mass is 79.9. The molecular formula is C24H22BrClN2O5. The Labute approximate surface area is 204 Å². The van der Waals surface area contributed by atoms with Crippen LogP contribution in [0.4, 0.5) is 11.4 Å². The molecule has 4 rings (SSSR count). The van der Waals surface area contributed by atoms with Gasteiger partial charge in [0.1, 0.15) is 0 Å². The van der Waals surface area contributed by atoms with E-state index in [0.29, 0.717) is 39.3 Å². The molecular weight excluding hydrogens is 512 g/mol. The minimum absolute atomic E-state index is 0.152. The average Bonchev–Trinajstić information content (AvgIpc) is 3.08. The predicted octanol–water partition coefficient (Wildman–Crippen LogP) is 4.89. The van der Waals surface area contributed by atoms with Crippen molar-refractivity contribution in [1.82, 2.24) is 0 Å². The smallest absolute Gasteiger partial charge is 0.338 e. The molecule has 3 amide bonds. The van der Waals surface area contributed by atoms with Gasteiger partial charge in [0.2, 0.25) is 11.8 Å². The van der Waals surface area contributed by atoms with Gasteiger partial charge < -0.3 is 10.1 Å². The Morgan fingerprint density at radius 3 is 2.45 bits per heavy atom. The number of rotatable bonds is 5. The van der Waals surface area contributed by atoms with Gasteiger partial charge in [0.05, 0.1) is 28.1 Å². The molecule has 1 saturated carbocycles. The summed E-state index contributed by atoms with van der Waals surface area (Å²) in [5, 5.41) is 3.14. The summed E-state index contributed by atoms with van der Waals surface area (Å²) in [4.78, 5) is 51.6. The van der Waals surface area contributed by atoms with Crippen molar-refractivity contribution in [2.75, 3.05) is 16.8 Å². The third-order valence-corrected chi connectivity index (χ3v) is 7.51. The maximum atomic E-state index is 12.8. The molecule has 0 spiro atoms. The van der Waals surface area contributed by atoms with Crippen molar-refractivity contribution in [1.29, 1.82) is 0 Å². The normalized spacial score (nSPS) is 19.9. The molecule has 2 atom stereocenters. The zero-order valence-electron chi connectivity index (χ0n) is 17.9. The molecule has 172 valence electrons. The first-order valence-electron chi connectivity index (χ1n) is 10.7. The highest BCUT2D eigenvalue weighted by Gasteiger charge is 2.48. The number of imide groups is 1. The maximum Gasteiger partial charge on any atom is 0.338 e. The van der Waals surface area contributed by atoms with E-state index >= 15 is 0 Å². The number of ether oxygens (including phenoxy) is 1. The fourth-order valence-electron chi connectivity index (χ4n) is 4.38. The molecule has 1 aliphatic heterocycles. The van der Waals surface area contributed by atoms with Crippen molar-refractivity contribution in [3.8, 4) is 0 Å². The first-order valence-corrected chi connectivity index (χ1v) is 11.8. The molecule has 0 bridgehead atoms. The summed E-state index contributed by atoms with van der Waals surface area (Å²) in [5.41, 5.74) is 1.69.